The number of hydrogen-bond acceptors (Lipinski definition) is 3. The minimum atomic E-state index is -4.88. The molecule has 1 aromatic carbocycles. The first kappa shape index (κ1) is 20.5. The molecule has 126 valence electrons. The molecule has 0 aliphatic heterocycles. The highest BCUT2D eigenvalue weighted by Gasteiger charge is 2.38. The zero-order valence-corrected chi connectivity index (χ0v) is 11.9. The third kappa shape index (κ3) is 5.06. The van der Waals surface area contributed by atoms with Crippen LogP contribution in [-0.2, 0) is 21.9 Å². The molecular weight excluding hydrogens is 340 g/mol. The molecule has 0 amide bonds. The summed E-state index contributed by atoms with van der Waals surface area (Å²) < 4.78 is 80.4. The van der Waals surface area contributed by atoms with E-state index < -0.39 is 47.5 Å². The van der Waals surface area contributed by atoms with Crippen LogP contribution < -0.4 is 5.73 Å². The molecule has 10 heteroatoms. The van der Waals surface area contributed by atoms with Crippen molar-refractivity contribution in [2.75, 3.05) is 7.11 Å². The van der Waals surface area contributed by atoms with E-state index in [1.54, 1.807) is 0 Å². The second-order valence-electron chi connectivity index (χ2n) is 4.18. The highest BCUT2D eigenvalue weighted by Crippen LogP contribution is 2.38. The first-order valence-corrected chi connectivity index (χ1v) is 5.57. The fourth-order valence-electron chi connectivity index (χ4n) is 1.68. The number of esters is 1. The van der Waals surface area contributed by atoms with Gasteiger partial charge in [0.25, 0.3) is 0 Å². The Labute approximate surface area is 127 Å². The lowest BCUT2D eigenvalue weighted by Crippen LogP contribution is -2.22. The summed E-state index contributed by atoms with van der Waals surface area (Å²) in [6, 6.07) is -0.639. The molecule has 0 saturated carbocycles. The summed E-state index contributed by atoms with van der Waals surface area (Å²) in [4.78, 5) is 11.0. The minimum absolute atomic E-state index is 0. The second kappa shape index (κ2) is 7.19. The quantitative estimate of drug-likeness (QED) is 0.667. The van der Waals surface area contributed by atoms with Crippen molar-refractivity contribution in [2.24, 2.45) is 5.73 Å². The fourth-order valence-corrected chi connectivity index (χ4v) is 1.68. The number of carbonyl (C=O) groups excluding carboxylic acids is 1. The summed E-state index contributed by atoms with van der Waals surface area (Å²) in [7, 11) is 0.992. The maximum Gasteiger partial charge on any atom is 0.416 e. The van der Waals surface area contributed by atoms with Gasteiger partial charge in [-0.25, -0.2) is 0 Å². The maximum absolute atomic E-state index is 12.8. The highest BCUT2D eigenvalue weighted by molar-refractivity contribution is 5.85. The van der Waals surface area contributed by atoms with Crippen molar-refractivity contribution in [3.05, 3.63) is 34.9 Å². The van der Waals surface area contributed by atoms with Crippen LogP contribution in [0.25, 0.3) is 0 Å². The van der Waals surface area contributed by atoms with Crippen LogP contribution in [0.3, 0.4) is 0 Å². The van der Waals surface area contributed by atoms with E-state index in [-0.39, 0.29) is 12.4 Å². The van der Waals surface area contributed by atoms with E-state index in [1.807, 2.05) is 0 Å². The van der Waals surface area contributed by atoms with Crippen molar-refractivity contribution in [3.8, 4) is 0 Å². The van der Waals surface area contributed by atoms with Crippen molar-refractivity contribution < 1.29 is 35.9 Å². The Kier molecular flexibility index (Phi) is 6.70. The Hall–Kier alpha value is -1.48. The van der Waals surface area contributed by atoms with Crippen LogP contribution in [0.15, 0.2) is 18.2 Å². The number of nitrogens with two attached hydrogens (primary N) is 1. The molecule has 0 heterocycles. The van der Waals surface area contributed by atoms with Gasteiger partial charge < -0.3 is 10.5 Å². The number of rotatable bonds is 3. The van der Waals surface area contributed by atoms with Gasteiger partial charge in [0, 0.05) is 6.04 Å². The third-order valence-electron chi connectivity index (χ3n) is 2.70. The van der Waals surface area contributed by atoms with Crippen molar-refractivity contribution in [2.45, 2.75) is 24.8 Å². The molecule has 0 bridgehead atoms. The van der Waals surface area contributed by atoms with Gasteiger partial charge in [-0.2, -0.15) is 26.3 Å². The van der Waals surface area contributed by atoms with Gasteiger partial charge in [0.2, 0.25) is 0 Å². The van der Waals surface area contributed by atoms with E-state index >= 15 is 0 Å². The Morgan fingerprint density at radius 3 is 2.14 bits per heavy atom. The standard InChI is InChI=1S/C12H11F6NO2.ClH/c1-21-10(20)5-9(19)7-4-6(11(13,14)15)2-3-8(7)12(16,17)18;/h2-4,9H,5,19H2,1H3;1H/t9-;/m1./s1. The Morgan fingerprint density at radius 1 is 1.18 bits per heavy atom. The monoisotopic (exact) mass is 351 g/mol. The molecule has 1 rings (SSSR count). The smallest absolute Gasteiger partial charge is 0.416 e. The molecule has 0 fully saturated rings. The average Bonchev–Trinajstić information content (AvgIpc) is 2.35. The topological polar surface area (TPSA) is 52.3 Å². The van der Waals surface area contributed by atoms with E-state index in [4.69, 9.17) is 5.73 Å². The van der Waals surface area contributed by atoms with Crippen LogP contribution in [-0.4, -0.2) is 13.1 Å². The second-order valence-corrected chi connectivity index (χ2v) is 4.18. The molecule has 0 saturated heterocycles. The molecule has 0 aliphatic rings. The lowest BCUT2D eigenvalue weighted by molar-refractivity contribution is -0.143. The van der Waals surface area contributed by atoms with Crippen molar-refractivity contribution in [1.82, 2.24) is 0 Å². The number of ether oxygens (including phenoxy) is 1. The summed E-state index contributed by atoms with van der Waals surface area (Å²) in [5, 5.41) is 0. The van der Waals surface area contributed by atoms with Crippen LogP contribution in [0.5, 0.6) is 0 Å². The number of carbonyl (C=O) groups is 1. The van der Waals surface area contributed by atoms with Gasteiger partial charge >= 0.3 is 18.3 Å². The van der Waals surface area contributed by atoms with Gasteiger partial charge in [-0.15, -0.1) is 12.4 Å². The van der Waals surface area contributed by atoms with Gasteiger partial charge in [-0.05, 0) is 23.8 Å². The first-order chi connectivity index (χ1) is 9.46. The van der Waals surface area contributed by atoms with Crippen LogP contribution in [0.2, 0.25) is 0 Å². The molecular formula is C12H12ClF6NO2. The molecule has 1 atom stereocenters. The molecule has 2 N–H and O–H groups in total. The number of hydrogen-bond donors (Lipinski definition) is 1. The summed E-state index contributed by atoms with van der Waals surface area (Å²) in [5.74, 6) is -0.923. The third-order valence-corrected chi connectivity index (χ3v) is 2.70. The van der Waals surface area contributed by atoms with Crippen LogP contribution in [0, 0.1) is 0 Å². The Balaban J connectivity index is 0.00000441. The predicted molar refractivity (Wildman–Crippen MR) is 67.3 cm³/mol. The van der Waals surface area contributed by atoms with E-state index in [9.17, 15) is 31.1 Å². The van der Waals surface area contributed by atoms with Crippen LogP contribution in [0.4, 0.5) is 26.3 Å². The van der Waals surface area contributed by atoms with Gasteiger partial charge in [0.05, 0.1) is 24.7 Å². The molecule has 0 aromatic heterocycles. The fraction of sp³-hybridized carbons (Fsp3) is 0.417. The zero-order chi connectivity index (χ0) is 16.4. The molecule has 0 unspecified atom stereocenters. The molecule has 22 heavy (non-hydrogen) atoms. The molecule has 3 nitrogen and oxygen atoms in total. The Bertz CT molecular complexity index is 529. The summed E-state index contributed by atoms with van der Waals surface area (Å²) in [6.45, 7) is 0. The van der Waals surface area contributed by atoms with E-state index in [1.165, 1.54) is 0 Å². The van der Waals surface area contributed by atoms with Crippen LogP contribution in [0.1, 0.15) is 29.2 Å². The number of methoxy groups -OCH3 is 1. The lowest BCUT2D eigenvalue weighted by atomic mass is 9.95. The Morgan fingerprint density at radius 2 is 1.73 bits per heavy atom. The van der Waals surface area contributed by atoms with Gasteiger partial charge in [-0.3, -0.25) is 4.79 Å². The number of alkyl halides is 6. The predicted octanol–water partition coefficient (Wildman–Crippen LogP) is 3.71. The van der Waals surface area contributed by atoms with Crippen molar-refractivity contribution in [1.29, 1.82) is 0 Å². The van der Waals surface area contributed by atoms with Crippen molar-refractivity contribution in [3.63, 3.8) is 0 Å². The normalized spacial score (nSPS) is 13.3. The maximum atomic E-state index is 12.8. The molecule has 0 aliphatic carbocycles. The van der Waals surface area contributed by atoms with Crippen LogP contribution >= 0.6 is 12.4 Å². The van der Waals surface area contributed by atoms with E-state index in [0.717, 1.165) is 7.11 Å². The molecule has 0 radical (unpaired) electrons. The summed E-state index contributed by atoms with van der Waals surface area (Å²) >= 11 is 0. The average molecular weight is 352 g/mol. The largest absolute Gasteiger partial charge is 0.469 e. The van der Waals surface area contributed by atoms with Gasteiger partial charge in [0.1, 0.15) is 0 Å². The number of benzene rings is 1. The van der Waals surface area contributed by atoms with Crippen molar-refractivity contribution >= 4 is 18.4 Å². The minimum Gasteiger partial charge on any atom is -0.469 e. The molecule has 1 aromatic rings. The van der Waals surface area contributed by atoms with E-state index in [2.05, 4.69) is 4.74 Å². The first-order valence-electron chi connectivity index (χ1n) is 5.57. The number of halogens is 7. The van der Waals surface area contributed by atoms with Gasteiger partial charge in [-0.1, -0.05) is 0 Å². The zero-order valence-electron chi connectivity index (χ0n) is 11.1. The summed E-state index contributed by atoms with van der Waals surface area (Å²) in [6.07, 6.45) is -10.4. The highest BCUT2D eigenvalue weighted by atomic mass is 35.5. The summed E-state index contributed by atoms with van der Waals surface area (Å²) in [5.41, 5.74) is 2.02. The lowest BCUT2D eigenvalue weighted by Gasteiger charge is -2.19. The van der Waals surface area contributed by atoms with Gasteiger partial charge in [0.15, 0.2) is 0 Å². The SMILES string of the molecule is COC(=O)C[C@@H](N)c1cc(C(F)(F)F)ccc1C(F)(F)F.Cl. The molecule has 0 spiro atoms. The van der Waals surface area contributed by atoms with E-state index in [0.29, 0.717) is 18.2 Å².